The fourth-order valence-electron chi connectivity index (χ4n) is 1.69. The lowest BCUT2D eigenvalue weighted by Gasteiger charge is -2.08. The van der Waals surface area contributed by atoms with Crippen molar-refractivity contribution in [3.05, 3.63) is 63.6 Å². The maximum absolute atomic E-state index is 3.51. The Bertz CT molecular complexity index is 503. The summed E-state index contributed by atoms with van der Waals surface area (Å²) >= 11 is 3.51. The molecule has 0 radical (unpaired) electrons. The number of halogens is 1. The largest absolute Gasteiger partial charge is 0.381 e. The van der Waals surface area contributed by atoms with Gasteiger partial charge in [0, 0.05) is 16.7 Å². The molecule has 0 amide bonds. The molecule has 2 aromatic rings. The van der Waals surface area contributed by atoms with Crippen LogP contribution in [0.2, 0.25) is 0 Å². The van der Waals surface area contributed by atoms with Crippen molar-refractivity contribution in [3.63, 3.8) is 0 Å². The first kappa shape index (κ1) is 12.2. The molecule has 0 aliphatic heterocycles. The van der Waals surface area contributed by atoms with Gasteiger partial charge in [-0.1, -0.05) is 45.8 Å². The zero-order valence-corrected chi connectivity index (χ0v) is 11.7. The minimum Gasteiger partial charge on any atom is -0.381 e. The van der Waals surface area contributed by atoms with Crippen LogP contribution in [0.1, 0.15) is 16.7 Å². The van der Waals surface area contributed by atoms with E-state index in [0.29, 0.717) is 0 Å². The summed E-state index contributed by atoms with van der Waals surface area (Å²) < 4.78 is 1.16. The van der Waals surface area contributed by atoms with Gasteiger partial charge in [-0.25, -0.2) is 0 Å². The van der Waals surface area contributed by atoms with Crippen molar-refractivity contribution in [1.29, 1.82) is 0 Å². The second kappa shape index (κ2) is 5.37. The number of hydrogen-bond acceptors (Lipinski definition) is 1. The highest BCUT2D eigenvalue weighted by molar-refractivity contribution is 9.10. The average molecular weight is 290 g/mol. The van der Waals surface area contributed by atoms with Crippen LogP contribution in [0.25, 0.3) is 0 Å². The average Bonchev–Trinajstić information content (AvgIpc) is 2.33. The van der Waals surface area contributed by atoms with Crippen LogP contribution in [-0.2, 0) is 6.54 Å². The van der Waals surface area contributed by atoms with Crippen LogP contribution in [0.15, 0.2) is 46.9 Å². The van der Waals surface area contributed by atoms with Gasteiger partial charge in [0.15, 0.2) is 0 Å². The number of nitrogens with one attached hydrogen (secondary N) is 1. The summed E-state index contributed by atoms with van der Waals surface area (Å²) in [5, 5.41) is 3.42. The first-order valence-electron chi connectivity index (χ1n) is 5.71. The molecule has 2 rings (SSSR count). The molecule has 0 heterocycles. The van der Waals surface area contributed by atoms with E-state index in [4.69, 9.17) is 0 Å². The van der Waals surface area contributed by atoms with Crippen molar-refractivity contribution in [2.75, 3.05) is 5.32 Å². The van der Waals surface area contributed by atoms with E-state index in [1.165, 1.54) is 16.7 Å². The third kappa shape index (κ3) is 3.34. The Morgan fingerprint density at radius 3 is 2.35 bits per heavy atom. The van der Waals surface area contributed by atoms with E-state index >= 15 is 0 Å². The molecule has 1 nitrogen and oxygen atoms in total. The lowest BCUT2D eigenvalue weighted by atomic mass is 10.1. The van der Waals surface area contributed by atoms with Gasteiger partial charge >= 0.3 is 0 Å². The molecule has 0 aliphatic carbocycles. The van der Waals surface area contributed by atoms with Gasteiger partial charge in [-0.05, 0) is 43.2 Å². The highest BCUT2D eigenvalue weighted by Gasteiger charge is 1.97. The summed E-state index contributed by atoms with van der Waals surface area (Å²) in [7, 11) is 0. The molecule has 2 heteroatoms. The molecule has 0 unspecified atom stereocenters. The van der Waals surface area contributed by atoms with Crippen molar-refractivity contribution in [1.82, 2.24) is 0 Å². The van der Waals surface area contributed by atoms with Crippen LogP contribution in [0.4, 0.5) is 5.69 Å². The molecule has 88 valence electrons. The molecule has 2 aromatic carbocycles. The smallest absolute Gasteiger partial charge is 0.0400 e. The van der Waals surface area contributed by atoms with Gasteiger partial charge in [0.25, 0.3) is 0 Å². The number of hydrogen-bond donors (Lipinski definition) is 1. The zero-order valence-electron chi connectivity index (χ0n) is 10.1. The topological polar surface area (TPSA) is 12.0 Å². The Balaban J connectivity index is 2.02. The third-order valence-electron chi connectivity index (χ3n) is 2.77. The minimum atomic E-state index is 0.858. The summed E-state index contributed by atoms with van der Waals surface area (Å²) in [5.74, 6) is 0. The number of aryl methyl sites for hydroxylation is 2. The lowest BCUT2D eigenvalue weighted by molar-refractivity contribution is 1.14. The molecule has 0 fully saturated rings. The first-order chi connectivity index (χ1) is 8.15. The monoisotopic (exact) mass is 289 g/mol. The number of benzene rings is 2. The van der Waals surface area contributed by atoms with Gasteiger partial charge in [0.2, 0.25) is 0 Å². The van der Waals surface area contributed by atoms with Gasteiger partial charge in [0.05, 0.1) is 0 Å². The molecule has 0 saturated heterocycles. The number of rotatable bonds is 3. The van der Waals surface area contributed by atoms with Crippen molar-refractivity contribution in [3.8, 4) is 0 Å². The molecule has 0 spiro atoms. The maximum atomic E-state index is 3.51. The van der Waals surface area contributed by atoms with E-state index in [0.717, 1.165) is 16.7 Å². The van der Waals surface area contributed by atoms with E-state index in [-0.39, 0.29) is 0 Å². The fourth-order valence-corrected chi connectivity index (χ4v) is 1.94. The molecule has 0 aromatic heterocycles. The van der Waals surface area contributed by atoms with Crippen LogP contribution >= 0.6 is 15.9 Å². The normalized spacial score (nSPS) is 10.3. The van der Waals surface area contributed by atoms with E-state index in [1.807, 2.05) is 0 Å². The third-order valence-corrected chi connectivity index (χ3v) is 3.66. The second-order valence-electron chi connectivity index (χ2n) is 4.30. The van der Waals surface area contributed by atoms with Gasteiger partial charge in [-0.15, -0.1) is 0 Å². The summed E-state index contributed by atoms with van der Waals surface area (Å²) in [6, 6.07) is 14.9. The van der Waals surface area contributed by atoms with Gasteiger partial charge in [0.1, 0.15) is 0 Å². The molecule has 0 aliphatic rings. The highest BCUT2D eigenvalue weighted by Crippen LogP contribution is 2.18. The summed E-state index contributed by atoms with van der Waals surface area (Å²) in [4.78, 5) is 0. The molecule has 0 saturated carbocycles. The van der Waals surface area contributed by atoms with E-state index in [9.17, 15) is 0 Å². The Hall–Kier alpha value is -1.28. The van der Waals surface area contributed by atoms with Crippen molar-refractivity contribution < 1.29 is 0 Å². The van der Waals surface area contributed by atoms with Crippen LogP contribution in [0, 0.1) is 13.8 Å². The molecule has 0 bridgehead atoms. The van der Waals surface area contributed by atoms with Crippen molar-refractivity contribution >= 4 is 21.6 Å². The summed E-state index contributed by atoms with van der Waals surface area (Å²) in [6.45, 7) is 5.07. The van der Waals surface area contributed by atoms with Crippen LogP contribution in [0.3, 0.4) is 0 Å². The maximum Gasteiger partial charge on any atom is 0.0400 e. The van der Waals surface area contributed by atoms with Crippen LogP contribution < -0.4 is 5.32 Å². The second-order valence-corrected chi connectivity index (χ2v) is 5.16. The quantitative estimate of drug-likeness (QED) is 0.865. The van der Waals surface area contributed by atoms with E-state index in [2.05, 4.69) is 77.6 Å². The Morgan fingerprint density at radius 1 is 1.00 bits per heavy atom. The fraction of sp³-hybridized carbons (Fsp3) is 0.200. The van der Waals surface area contributed by atoms with Gasteiger partial charge in [-0.2, -0.15) is 0 Å². The summed E-state index contributed by atoms with van der Waals surface area (Å²) in [5.41, 5.74) is 5.02. The minimum absolute atomic E-state index is 0.858. The number of anilines is 1. The lowest BCUT2D eigenvalue weighted by Crippen LogP contribution is -1.99. The van der Waals surface area contributed by atoms with Crippen molar-refractivity contribution in [2.45, 2.75) is 20.4 Å². The molecular formula is C15H16BrN. The Labute approximate surface area is 111 Å². The van der Waals surface area contributed by atoms with Crippen LogP contribution in [-0.4, -0.2) is 0 Å². The van der Waals surface area contributed by atoms with E-state index < -0.39 is 0 Å². The SMILES string of the molecule is Cc1ccc(NCc2ccc(Br)c(C)c2)cc1. The predicted molar refractivity (Wildman–Crippen MR) is 77.4 cm³/mol. The predicted octanol–water partition coefficient (Wildman–Crippen LogP) is 4.68. The highest BCUT2D eigenvalue weighted by atomic mass is 79.9. The van der Waals surface area contributed by atoms with Gasteiger partial charge in [-0.3, -0.25) is 0 Å². The Morgan fingerprint density at radius 2 is 1.71 bits per heavy atom. The molecule has 17 heavy (non-hydrogen) atoms. The van der Waals surface area contributed by atoms with Crippen molar-refractivity contribution in [2.24, 2.45) is 0 Å². The Kier molecular flexibility index (Phi) is 3.85. The zero-order chi connectivity index (χ0) is 12.3. The molecular weight excluding hydrogens is 274 g/mol. The van der Waals surface area contributed by atoms with Gasteiger partial charge < -0.3 is 5.32 Å². The standard InChI is InChI=1S/C15H16BrN/c1-11-3-6-14(7-4-11)17-10-13-5-8-15(16)12(2)9-13/h3-9,17H,10H2,1-2H3. The molecule has 0 atom stereocenters. The first-order valence-corrected chi connectivity index (χ1v) is 6.50. The van der Waals surface area contributed by atoms with E-state index in [1.54, 1.807) is 0 Å². The van der Waals surface area contributed by atoms with Crippen LogP contribution in [0.5, 0.6) is 0 Å². The molecule has 1 N–H and O–H groups in total. The summed E-state index contributed by atoms with van der Waals surface area (Å²) in [6.07, 6.45) is 0.